The highest BCUT2D eigenvalue weighted by Crippen LogP contribution is 2.18. The van der Waals surface area contributed by atoms with Gasteiger partial charge in [0.25, 0.3) is 11.8 Å². The number of hydrogen-bond acceptors (Lipinski definition) is 8. The van der Waals surface area contributed by atoms with Crippen LogP contribution in [0.1, 0.15) is 56.0 Å². The maximum atomic E-state index is 12.2. The molecule has 1 aliphatic rings. The average molecular weight is 461 g/mol. The predicted molar refractivity (Wildman–Crippen MR) is 112 cm³/mol. The van der Waals surface area contributed by atoms with Crippen molar-refractivity contribution in [2.75, 3.05) is 32.0 Å². The number of carboxylic acids is 1. The van der Waals surface area contributed by atoms with Crippen LogP contribution >= 0.6 is 0 Å². The molecule has 1 saturated heterocycles. The lowest BCUT2D eigenvalue weighted by Gasteiger charge is -2.22. The molecule has 2 rings (SSSR count). The van der Waals surface area contributed by atoms with E-state index in [4.69, 9.17) is 9.26 Å². The van der Waals surface area contributed by atoms with Gasteiger partial charge in [-0.15, -0.1) is 0 Å². The van der Waals surface area contributed by atoms with E-state index >= 15 is 0 Å². The number of ether oxygens (including phenoxy) is 1. The Balaban J connectivity index is 1.75. The first kappa shape index (κ1) is 25.1. The number of nitrogens with one attached hydrogen (secondary N) is 3. The predicted octanol–water partition coefficient (Wildman–Crippen LogP) is 0.736. The van der Waals surface area contributed by atoms with Crippen molar-refractivity contribution in [1.29, 1.82) is 0 Å². The average Bonchev–Trinajstić information content (AvgIpc) is 3.22. The van der Waals surface area contributed by atoms with Crippen LogP contribution < -0.4 is 20.1 Å². The van der Waals surface area contributed by atoms with Crippen LogP contribution in [0.3, 0.4) is 0 Å². The van der Waals surface area contributed by atoms with Crippen molar-refractivity contribution < 1.29 is 32.4 Å². The molecule has 1 amide bonds. The number of carbonyl (C=O) groups is 2. The zero-order valence-electron chi connectivity index (χ0n) is 17.8. The minimum atomic E-state index is -3.76. The number of unbranched alkanes of at least 4 members (excludes halogenated alkanes) is 1. The van der Waals surface area contributed by atoms with Gasteiger partial charge in [0.2, 0.25) is 15.8 Å². The number of amides is 1. The van der Waals surface area contributed by atoms with Gasteiger partial charge in [-0.1, -0.05) is 13.3 Å². The molecule has 176 valence electrons. The summed E-state index contributed by atoms with van der Waals surface area (Å²) in [6.07, 6.45) is 5.34. The van der Waals surface area contributed by atoms with Crippen LogP contribution in [-0.4, -0.2) is 68.6 Å². The Morgan fingerprint density at radius 3 is 2.77 bits per heavy atom. The molecular weight excluding hydrogens is 428 g/mol. The molecule has 0 aromatic carbocycles. The van der Waals surface area contributed by atoms with Crippen LogP contribution in [0.5, 0.6) is 5.88 Å². The third-order valence-corrected chi connectivity index (χ3v) is 6.50. The molecule has 4 N–H and O–H groups in total. The van der Waals surface area contributed by atoms with Crippen molar-refractivity contribution in [3.63, 3.8) is 0 Å². The van der Waals surface area contributed by atoms with E-state index in [2.05, 4.69) is 20.5 Å². The van der Waals surface area contributed by atoms with Crippen molar-refractivity contribution in [2.45, 2.75) is 51.5 Å². The molecule has 12 heteroatoms. The number of carbonyl (C=O) groups excluding carboxylic acids is 1. The molecule has 0 saturated carbocycles. The quantitative estimate of drug-likeness (QED) is 0.294. The first-order valence-electron chi connectivity index (χ1n) is 10.6. The molecule has 0 radical (unpaired) electrons. The fraction of sp³-hybridized carbons (Fsp3) is 0.737. The van der Waals surface area contributed by atoms with Crippen LogP contribution in [-0.2, 0) is 14.8 Å². The molecule has 2 heterocycles. The highest BCUT2D eigenvalue weighted by molar-refractivity contribution is 7.89. The third kappa shape index (κ3) is 9.23. The summed E-state index contributed by atoms with van der Waals surface area (Å²) in [7, 11) is -3.76. The largest absolute Gasteiger partial charge is 0.480 e. The van der Waals surface area contributed by atoms with E-state index in [1.54, 1.807) is 0 Å². The lowest BCUT2D eigenvalue weighted by molar-refractivity contribution is -0.138. The number of sulfonamides is 1. The maximum Gasteiger partial charge on any atom is 0.323 e. The molecule has 1 aliphatic heterocycles. The monoisotopic (exact) mass is 460 g/mol. The van der Waals surface area contributed by atoms with Crippen LogP contribution in [0, 0.1) is 5.92 Å². The second kappa shape index (κ2) is 12.6. The van der Waals surface area contributed by atoms with Crippen LogP contribution in [0.2, 0.25) is 0 Å². The van der Waals surface area contributed by atoms with Crippen molar-refractivity contribution in [3.05, 3.63) is 11.8 Å². The van der Waals surface area contributed by atoms with E-state index in [-0.39, 0.29) is 17.4 Å². The van der Waals surface area contributed by atoms with Gasteiger partial charge in [0.05, 0.1) is 18.4 Å². The van der Waals surface area contributed by atoms with Gasteiger partial charge in [0.1, 0.15) is 6.04 Å². The smallest absolute Gasteiger partial charge is 0.323 e. The summed E-state index contributed by atoms with van der Waals surface area (Å²) >= 11 is 0. The lowest BCUT2D eigenvalue weighted by atomic mass is 9.93. The zero-order valence-corrected chi connectivity index (χ0v) is 18.6. The van der Waals surface area contributed by atoms with Gasteiger partial charge >= 0.3 is 5.97 Å². The number of aromatic nitrogens is 1. The first-order valence-corrected chi connectivity index (χ1v) is 12.3. The summed E-state index contributed by atoms with van der Waals surface area (Å²) in [4.78, 5) is 23.5. The van der Waals surface area contributed by atoms with Gasteiger partial charge in [-0.05, 0) is 56.3 Å². The van der Waals surface area contributed by atoms with Gasteiger partial charge in [-0.25, -0.2) is 8.42 Å². The molecule has 1 atom stereocenters. The van der Waals surface area contributed by atoms with E-state index in [0.717, 1.165) is 25.9 Å². The molecule has 0 unspecified atom stereocenters. The molecule has 0 spiro atoms. The first-order chi connectivity index (χ1) is 14.8. The Morgan fingerprint density at radius 1 is 1.35 bits per heavy atom. The Bertz CT molecular complexity index is 806. The standard InChI is InChI=1S/C19H32N4O7S/c1-2-3-11-31(27,28)23-15(19(25)26)13-21-18(24)16-12-17(22-30-16)29-10-4-5-14-6-8-20-9-7-14/h12,14-15,20,23H,2-11,13H2,1H3,(H,21,24)(H,25,26)/t15-/m0/s1. The number of hydrogen-bond donors (Lipinski definition) is 4. The molecule has 31 heavy (non-hydrogen) atoms. The van der Waals surface area contributed by atoms with Crippen LogP contribution in [0.15, 0.2) is 10.6 Å². The van der Waals surface area contributed by atoms with Crippen LogP contribution in [0.4, 0.5) is 0 Å². The minimum Gasteiger partial charge on any atom is -0.480 e. The van der Waals surface area contributed by atoms with Crippen LogP contribution in [0.25, 0.3) is 0 Å². The SMILES string of the molecule is CCCCS(=O)(=O)N[C@@H](CNC(=O)c1cc(OCCCC2CCNCC2)no1)C(=O)O. The molecule has 1 fully saturated rings. The number of piperidine rings is 1. The fourth-order valence-electron chi connectivity index (χ4n) is 3.22. The number of rotatable bonds is 14. The van der Waals surface area contributed by atoms with Crippen molar-refractivity contribution in [3.8, 4) is 5.88 Å². The second-order valence-electron chi connectivity index (χ2n) is 7.60. The van der Waals surface area contributed by atoms with Crippen molar-refractivity contribution >= 4 is 21.9 Å². The molecular formula is C19H32N4O7S. The van der Waals surface area contributed by atoms with Gasteiger partial charge in [-0.3, -0.25) is 9.59 Å². The van der Waals surface area contributed by atoms with E-state index in [1.165, 1.54) is 18.9 Å². The summed E-state index contributed by atoms with van der Waals surface area (Å²) in [5, 5.41) is 18.6. The molecule has 1 aromatic rings. The minimum absolute atomic E-state index is 0.147. The van der Waals surface area contributed by atoms with E-state index < -0.39 is 34.5 Å². The Labute approximate surface area is 182 Å². The fourth-order valence-corrected chi connectivity index (χ4v) is 4.63. The van der Waals surface area contributed by atoms with Crippen molar-refractivity contribution in [2.24, 2.45) is 5.92 Å². The molecule has 0 aliphatic carbocycles. The number of carboxylic acid groups (broad SMARTS) is 1. The van der Waals surface area contributed by atoms with Gasteiger partial charge in [0.15, 0.2) is 0 Å². The van der Waals surface area contributed by atoms with Gasteiger partial charge < -0.3 is 25.0 Å². The zero-order chi connectivity index (χ0) is 22.7. The summed E-state index contributed by atoms with van der Waals surface area (Å²) in [5.41, 5.74) is 0. The third-order valence-electron chi connectivity index (χ3n) is 5.03. The number of nitrogens with zero attached hydrogens (tertiary/aromatic N) is 1. The lowest BCUT2D eigenvalue weighted by Crippen LogP contribution is -2.48. The Kier molecular flexibility index (Phi) is 10.2. The van der Waals surface area contributed by atoms with Crippen molar-refractivity contribution in [1.82, 2.24) is 20.5 Å². The molecule has 11 nitrogen and oxygen atoms in total. The normalized spacial score (nSPS) is 16.0. The maximum absolute atomic E-state index is 12.2. The summed E-state index contributed by atoms with van der Waals surface area (Å²) in [5.74, 6) is -1.56. The molecule has 1 aromatic heterocycles. The van der Waals surface area contributed by atoms with Gasteiger partial charge in [0, 0.05) is 6.54 Å². The summed E-state index contributed by atoms with van der Waals surface area (Å²) in [6.45, 7) is 3.95. The van der Waals surface area contributed by atoms with E-state index in [1.807, 2.05) is 6.92 Å². The number of aliphatic carboxylic acids is 1. The van der Waals surface area contributed by atoms with E-state index in [0.29, 0.717) is 25.4 Å². The highest BCUT2D eigenvalue weighted by Gasteiger charge is 2.25. The summed E-state index contributed by atoms with van der Waals surface area (Å²) in [6, 6.07) is -0.166. The second-order valence-corrected chi connectivity index (χ2v) is 9.48. The van der Waals surface area contributed by atoms with Gasteiger partial charge in [-0.2, -0.15) is 4.72 Å². The molecule has 0 bridgehead atoms. The Hall–Kier alpha value is -2.18. The topological polar surface area (TPSA) is 160 Å². The highest BCUT2D eigenvalue weighted by atomic mass is 32.2. The summed E-state index contributed by atoms with van der Waals surface area (Å²) < 4.78 is 36.4. The van der Waals surface area contributed by atoms with E-state index in [9.17, 15) is 23.1 Å². The Morgan fingerprint density at radius 2 is 2.10 bits per heavy atom.